The van der Waals surface area contributed by atoms with Gasteiger partial charge in [-0.25, -0.2) is 4.98 Å². The molecule has 0 radical (unpaired) electrons. The number of methoxy groups -OCH3 is 1. The van der Waals surface area contributed by atoms with Gasteiger partial charge in [-0.1, -0.05) is 0 Å². The first kappa shape index (κ1) is 12.3. The Morgan fingerprint density at radius 2 is 2.31 bits per heavy atom. The Bertz CT molecular complexity index is 228. The number of aryl methyl sites for hydroxylation is 1. The van der Waals surface area contributed by atoms with Gasteiger partial charge < -0.3 is 10.5 Å². The van der Waals surface area contributed by atoms with Gasteiger partial charge in [-0.3, -0.25) is 5.10 Å². The van der Waals surface area contributed by atoms with Crippen LogP contribution in [0.2, 0.25) is 0 Å². The number of aromatic nitrogens is 3. The van der Waals surface area contributed by atoms with Crippen molar-refractivity contribution in [3.63, 3.8) is 0 Å². The summed E-state index contributed by atoms with van der Waals surface area (Å²) in [6.07, 6.45) is 1.75. The normalized spacial score (nSPS) is 9.69. The van der Waals surface area contributed by atoms with E-state index >= 15 is 0 Å². The van der Waals surface area contributed by atoms with Crippen molar-refractivity contribution in [2.24, 2.45) is 5.73 Å². The molecule has 1 rings (SSSR count). The van der Waals surface area contributed by atoms with E-state index in [0.29, 0.717) is 13.2 Å². The first-order chi connectivity index (χ1) is 5.86. The van der Waals surface area contributed by atoms with Gasteiger partial charge in [0.1, 0.15) is 6.61 Å². The summed E-state index contributed by atoms with van der Waals surface area (Å²) in [5.41, 5.74) is 5.35. The summed E-state index contributed by atoms with van der Waals surface area (Å²) in [5.74, 6) is 1.58. The summed E-state index contributed by atoms with van der Waals surface area (Å²) in [6.45, 7) is 1.16. The largest absolute Gasteiger partial charge is 0.377 e. The van der Waals surface area contributed by atoms with E-state index in [1.54, 1.807) is 7.11 Å². The summed E-state index contributed by atoms with van der Waals surface area (Å²) in [7, 11) is 1.63. The minimum atomic E-state index is 0. The fourth-order valence-electron chi connectivity index (χ4n) is 0.908. The fourth-order valence-corrected chi connectivity index (χ4v) is 0.908. The van der Waals surface area contributed by atoms with E-state index in [1.807, 2.05) is 0 Å². The van der Waals surface area contributed by atoms with Crippen LogP contribution in [0.1, 0.15) is 18.1 Å². The second kappa shape index (κ2) is 6.82. The SMILES string of the molecule is COCc1nc(CCCN)n[nH]1.Cl. The second-order valence-corrected chi connectivity index (χ2v) is 2.52. The average Bonchev–Trinajstić information content (AvgIpc) is 2.50. The molecule has 0 aliphatic heterocycles. The molecule has 0 amide bonds. The van der Waals surface area contributed by atoms with E-state index in [0.717, 1.165) is 24.5 Å². The van der Waals surface area contributed by atoms with E-state index in [1.165, 1.54) is 0 Å². The molecule has 0 aromatic carbocycles. The van der Waals surface area contributed by atoms with Crippen molar-refractivity contribution in [2.45, 2.75) is 19.4 Å². The standard InChI is InChI=1S/C7H14N4O.ClH/c1-12-5-7-9-6(10-11-7)3-2-4-8;/h2-5,8H2,1H3,(H,9,10,11);1H. The third-order valence-corrected chi connectivity index (χ3v) is 1.46. The Hall–Kier alpha value is -0.650. The molecule has 1 aromatic heterocycles. The molecule has 6 heteroatoms. The molecule has 76 valence electrons. The van der Waals surface area contributed by atoms with Crippen LogP contribution < -0.4 is 5.73 Å². The number of hydrogen-bond acceptors (Lipinski definition) is 4. The van der Waals surface area contributed by atoms with Crippen LogP contribution in [0.5, 0.6) is 0 Å². The van der Waals surface area contributed by atoms with E-state index in [9.17, 15) is 0 Å². The molecular formula is C7H15ClN4O. The van der Waals surface area contributed by atoms with Gasteiger partial charge in [-0.15, -0.1) is 12.4 Å². The molecule has 5 nitrogen and oxygen atoms in total. The first-order valence-electron chi connectivity index (χ1n) is 3.96. The molecule has 0 aliphatic carbocycles. The Morgan fingerprint density at radius 3 is 2.92 bits per heavy atom. The lowest BCUT2D eigenvalue weighted by Gasteiger charge is -1.90. The van der Waals surface area contributed by atoms with Gasteiger partial charge >= 0.3 is 0 Å². The maximum Gasteiger partial charge on any atom is 0.150 e. The maximum absolute atomic E-state index is 5.35. The van der Waals surface area contributed by atoms with Crippen LogP contribution >= 0.6 is 12.4 Å². The number of halogens is 1. The number of nitrogens with zero attached hydrogens (tertiary/aromatic N) is 2. The summed E-state index contributed by atoms with van der Waals surface area (Å²) in [6, 6.07) is 0. The van der Waals surface area contributed by atoms with Crippen molar-refractivity contribution in [2.75, 3.05) is 13.7 Å². The highest BCUT2D eigenvalue weighted by molar-refractivity contribution is 5.85. The van der Waals surface area contributed by atoms with E-state index < -0.39 is 0 Å². The molecule has 3 N–H and O–H groups in total. The lowest BCUT2D eigenvalue weighted by molar-refractivity contribution is 0.178. The van der Waals surface area contributed by atoms with Crippen molar-refractivity contribution >= 4 is 12.4 Å². The Morgan fingerprint density at radius 1 is 1.54 bits per heavy atom. The van der Waals surface area contributed by atoms with Gasteiger partial charge in [0.25, 0.3) is 0 Å². The molecule has 0 saturated carbocycles. The highest BCUT2D eigenvalue weighted by atomic mass is 35.5. The van der Waals surface area contributed by atoms with E-state index in [2.05, 4.69) is 15.2 Å². The fraction of sp³-hybridized carbons (Fsp3) is 0.714. The smallest absolute Gasteiger partial charge is 0.150 e. The van der Waals surface area contributed by atoms with Crippen LogP contribution in [0.15, 0.2) is 0 Å². The number of aromatic amines is 1. The van der Waals surface area contributed by atoms with Gasteiger partial charge in [0, 0.05) is 13.5 Å². The number of nitrogens with two attached hydrogens (primary N) is 1. The van der Waals surface area contributed by atoms with Crippen LogP contribution in [0, 0.1) is 0 Å². The van der Waals surface area contributed by atoms with Crippen molar-refractivity contribution < 1.29 is 4.74 Å². The Balaban J connectivity index is 0.00000144. The topological polar surface area (TPSA) is 76.8 Å². The lowest BCUT2D eigenvalue weighted by Crippen LogP contribution is -2.01. The van der Waals surface area contributed by atoms with Crippen molar-refractivity contribution in [1.82, 2.24) is 15.2 Å². The molecule has 1 heterocycles. The summed E-state index contributed by atoms with van der Waals surface area (Å²) < 4.78 is 4.89. The lowest BCUT2D eigenvalue weighted by atomic mass is 10.3. The molecule has 1 aromatic rings. The first-order valence-corrected chi connectivity index (χ1v) is 3.96. The highest BCUT2D eigenvalue weighted by Crippen LogP contribution is 1.96. The molecule has 0 aliphatic rings. The molecule has 0 unspecified atom stereocenters. The van der Waals surface area contributed by atoms with Crippen LogP contribution in [-0.4, -0.2) is 28.8 Å². The predicted octanol–water partition coefficient (Wildman–Crippen LogP) is 0.264. The quantitative estimate of drug-likeness (QED) is 0.725. The van der Waals surface area contributed by atoms with Crippen LogP contribution in [0.3, 0.4) is 0 Å². The highest BCUT2D eigenvalue weighted by Gasteiger charge is 2.00. The summed E-state index contributed by atoms with van der Waals surface area (Å²) in [4.78, 5) is 4.19. The minimum Gasteiger partial charge on any atom is -0.377 e. The molecule has 0 spiro atoms. The van der Waals surface area contributed by atoms with Crippen LogP contribution in [0.4, 0.5) is 0 Å². The number of H-pyrrole nitrogens is 1. The van der Waals surface area contributed by atoms with Gasteiger partial charge in [0.2, 0.25) is 0 Å². The molecule has 0 saturated heterocycles. The summed E-state index contributed by atoms with van der Waals surface area (Å²) in [5, 5.41) is 6.79. The van der Waals surface area contributed by atoms with Crippen LogP contribution in [-0.2, 0) is 17.8 Å². The Kier molecular flexibility index (Phi) is 6.48. The summed E-state index contributed by atoms with van der Waals surface area (Å²) >= 11 is 0. The maximum atomic E-state index is 5.35. The van der Waals surface area contributed by atoms with Gasteiger partial charge in [0.05, 0.1) is 0 Å². The zero-order valence-corrected chi connectivity index (χ0v) is 8.43. The van der Waals surface area contributed by atoms with Crippen LogP contribution in [0.25, 0.3) is 0 Å². The van der Waals surface area contributed by atoms with E-state index in [-0.39, 0.29) is 12.4 Å². The zero-order chi connectivity index (χ0) is 8.81. The number of ether oxygens (including phenoxy) is 1. The monoisotopic (exact) mass is 206 g/mol. The Labute approximate surface area is 83.5 Å². The predicted molar refractivity (Wildman–Crippen MR) is 51.7 cm³/mol. The molecular weight excluding hydrogens is 192 g/mol. The van der Waals surface area contributed by atoms with Gasteiger partial charge in [-0.05, 0) is 13.0 Å². The van der Waals surface area contributed by atoms with Gasteiger partial charge in [0.15, 0.2) is 11.6 Å². The molecule has 0 fully saturated rings. The van der Waals surface area contributed by atoms with Crippen molar-refractivity contribution in [1.29, 1.82) is 0 Å². The average molecular weight is 207 g/mol. The zero-order valence-electron chi connectivity index (χ0n) is 7.62. The number of rotatable bonds is 5. The molecule has 0 atom stereocenters. The molecule has 13 heavy (non-hydrogen) atoms. The molecule has 0 bridgehead atoms. The van der Waals surface area contributed by atoms with Crippen molar-refractivity contribution in [3.05, 3.63) is 11.6 Å². The number of hydrogen-bond donors (Lipinski definition) is 2. The third-order valence-electron chi connectivity index (χ3n) is 1.46. The number of nitrogens with one attached hydrogen (secondary N) is 1. The van der Waals surface area contributed by atoms with E-state index in [4.69, 9.17) is 10.5 Å². The minimum absolute atomic E-state index is 0. The van der Waals surface area contributed by atoms with Gasteiger partial charge in [-0.2, -0.15) is 5.10 Å². The third kappa shape index (κ3) is 4.21. The second-order valence-electron chi connectivity index (χ2n) is 2.52. The van der Waals surface area contributed by atoms with Crippen molar-refractivity contribution in [3.8, 4) is 0 Å².